The topological polar surface area (TPSA) is 99.3 Å². The molecule has 0 radical (unpaired) electrons. The third-order valence-electron chi connectivity index (χ3n) is 6.67. The number of nitriles is 1. The van der Waals surface area contributed by atoms with Gasteiger partial charge in [-0.1, -0.05) is 6.07 Å². The van der Waals surface area contributed by atoms with E-state index in [1.165, 1.54) is 10.9 Å². The number of rotatable bonds is 4. The van der Waals surface area contributed by atoms with Gasteiger partial charge in [-0.15, -0.1) is 0 Å². The molecule has 5 heterocycles. The van der Waals surface area contributed by atoms with Gasteiger partial charge in [0, 0.05) is 31.9 Å². The van der Waals surface area contributed by atoms with Gasteiger partial charge in [-0.05, 0) is 37.0 Å². The van der Waals surface area contributed by atoms with Crippen LogP contribution in [0.15, 0.2) is 36.7 Å². The van der Waals surface area contributed by atoms with Crippen molar-refractivity contribution in [2.75, 3.05) is 37.7 Å². The van der Waals surface area contributed by atoms with Gasteiger partial charge in [-0.2, -0.15) is 20.3 Å². The van der Waals surface area contributed by atoms with Crippen LogP contribution in [-0.4, -0.2) is 62.6 Å². The van der Waals surface area contributed by atoms with Crippen molar-refractivity contribution in [3.8, 4) is 11.8 Å². The molecule has 0 aliphatic carbocycles. The molecule has 1 aromatic carbocycles. The molecule has 3 aromatic rings. The first-order chi connectivity index (χ1) is 15.6. The molecule has 0 N–H and O–H groups in total. The zero-order chi connectivity index (χ0) is 21.9. The molecule has 0 bridgehead atoms. The van der Waals surface area contributed by atoms with Gasteiger partial charge < -0.3 is 9.64 Å². The first-order valence-electron chi connectivity index (χ1n) is 10.6. The van der Waals surface area contributed by atoms with Crippen LogP contribution in [0.1, 0.15) is 17.0 Å². The molecule has 3 fully saturated rings. The van der Waals surface area contributed by atoms with E-state index in [-0.39, 0.29) is 5.82 Å². The quantitative estimate of drug-likeness (QED) is 0.574. The summed E-state index contributed by atoms with van der Waals surface area (Å²) in [5, 5.41) is 17.6. The lowest BCUT2D eigenvalue weighted by Crippen LogP contribution is -2.39. The summed E-state index contributed by atoms with van der Waals surface area (Å²) in [6, 6.07) is 8.75. The number of anilines is 1. The number of hydrogen-bond acceptors (Lipinski definition) is 8. The largest absolute Gasteiger partial charge is 0.349 e. The van der Waals surface area contributed by atoms with E-state index < -0.39 is 5.72 Å². The second-order valence-corrected chi connectivity index (χ2v) is 8.66. The molecule has 162 valence electrons. The Balaban J connectivity index is 1.25. The average Bonchev–Trinajstić information content (AvgIpc) is 3.12. The Morgan fingerprint density at radius 1 is 1.12 bits per heavy atom. The van der Waals surface area contributed by atoms with Gasteiger partial charge in [0.25, 0.3) is 0 Å². The van der Waals surface area contributed by atoms with Crippen LogP contribution in [-0.2, 0) is 10.5 Å². The molecular weight excluding hydrogens is 411 g/mol. The van der Waals surface area contributed by atoms with Crippen molar-refractivity contribution >= 4 is 5.95 Å². The van der Waals surface area contributed by atoms with E-state index in [9.17, 15) is 5.26 Å². The lowest BCUT2D eigenvalue weighted by molar-refractivity contribution is 0.0899. The zero-order valence-electron chi connectivity index (χ0n) is 17.5. The Hall–Kier alpha value is -3.42. The molecule has 2 aromatic heterocycles. The van der Waals surface area contributed by atoms with Crippen LogP contribution in [0, 0.1) is 35.9 Å². The highest BCUT2D eigenvalue weighted by atomic mass is 19.1. The Morgan fingerprint density at radius 3 is 2.50 bits per heavy atom. The van der Waals surface area contributed by atoms with Crippen molar-refractivity contribution in [3.05, 3.63) is 59.4 Å². The second-order valence-electron chi connectivity index (χ2n) is 8.66. The molecule has 0 amide bonds. The maximum Gasteiger partial charge on any atom is 0.226 e. The van der Waals surface area contributed by atoms with E-state index in [0.717, 1.165) is 31.9 Å². The third kappa shape index (κ3) is 2.97. The number of ether oxygens (including phenoxy) is 1. The molecule has 0 spiro atoms. The number of likely N-dealkylation sites (tertiary alicyclic amines) is 1. The van der Waals surface area contributed by atoms with Crippen LogP contribution in [0.3, 0.4) is 0 Å². The minimum absolute atomic E-state index is 0.312. The summed E-state index contributed by atoms with van der Waals surface area (Å²) in [6.07, 6.45) is 3.16. The number of aromatic nitrogens is 5. The lowest BCUT2D eigenvalue weighted by Gasteiger charge is -2.28. The van der Waals surface area contributed by atoms with Crippen molar-refractivity contribution in [2.24, 2.45) is 11.8 Å². The van der Waals surface area contributed by atoms with E-state index in [4.69, 9.17) is 4.74 Å². The number of halogens is 1. The van der Waals surface area contributed by atoms with Gasteiger partial charge in [0.2, 0.25) is 5.95 Å². The highest BCUT2D eigenvalue weighted by Crippen LogP contribution is 2.49. The average molecular weight is 432 g/mol. The van der Waals surface area contributed by atoms with Gasteiger partial charge in [0.15, 0.2) is 5.72 Å². The van der Waals surface area contributed by atoms with Crippen molar-refractivity contribution < 1.29 is 9.13 Å². The predicted molar refractivity (Wildman–Crippen MR) is 111 cm³/mol. The van der Waals surface area contributed by atoms with Crippen molar-refractivity contribution in [2.45, 2.75) is 12.6 Å². The fraction of sp³-hybridized carbons (Fsp3) is 0.409. The highest BCUT2D eigenvalue weighted by Gasteiger charge is 2.59. The van der Waals surface area contributed by atoms with Crippen LogP contribution in [0.25, 0.3) is 5.69 Å². The Morgan fingerprint density at radius 2 is 1.84 bits per heavy atom. The molecule has 9 nitrogen and oxygen atoms in total. The first-order valence-corrected chi connectivity index (χ1v) is 10.6. The van der Waals surface area contributed by atoms with E-state index in [1.54, 1.807) is 24.5 Å². The SMILES string of the molecule is Cc1cc(C#N)nc(N2CC3CN(C4(c5c(F)cccc5-n5nccn5)CO4)CC3C2)n1. The standard InChI is InChI=1S/C22H21FN8O/c1-14-7-17(8-24)28-21(27-14)29-9-15-11-30(12-16(15)10-29)22(13-32-22)20-18(23)3-2-4-19(20)31-25-5-6-26-31/h2-7,15-16H,9-13H2,1H3. The lowest BCUT2D eigenvalue weighted by atomic mass is 10.0. The molecule has 3 saturated heterocycles. The summed E-state index contributed by atoms with van der Waals surface area (Å²) in [6.45, 7) is 5.50. The molecule has 6 rings (SSSR count). The summed E-state index contributed by atoms with van der Waals surface area (Å²) >= 11 is 0. The number of hydrogen-bond donors (Lipinski definition) is 0. The predicted octanol–water partition coefficient (Wildman–Crippen LogP) is 1.63. The number of aryl methyl sites for hydroxylation is 1. The van der Waals surface area contributed by atoms with Crippen molar-refractivity contribution in [3.63, 3.8) is 0 Å². The summed E-state index contributed by atoms with van der Waals surface area (Å²) in [4.78, 5) is 14.8. The summed E-state index contributed by atoms with van der Waals surface area (Å²) in [5.74, 6) is 1.08. The molecule has 3 aliphatic heterocycles. The molecular formula is C22H21FN8O. The molecule has 10 heteroatoms. The van der Waals surface area contributed by atoms with Crippen molar-refractivity contribution in [1.82, 2.24) is 29.9 Å². The van der Waals surface area contributed by atoms with Gasteiger partial charge in [-0.25, -0.2) is 14.4 Å². The molecule has 3 aliphatic rings. The van der Waals surface area contributed by atoms with Crippen LogP contribution in [0.2, 0.25) is 0 Å². The minimum atomic E-state index is -0.780. The summed E-state index contributed by atoms with van der Waals surface area (Å²) in [7, 11) is 0. The maximum atomic E-state index is 15.1. The second kappa shape index (κ2) is 7.05. The van der Waals surface area contributed by atoms with Gasteiger partial charge >= 0.3 is 0 Å². The first kappa shape index (κ1) is 19.3. The van der Waals surface area contributed by atoms with Crippen molar-refractivity contribution in [1.29, 1.82) is 5.26 Å². The number of epoxide rings is 1. The van der Waals surface area contributed by atoms with E-state index in [2.05, 4.69) is 36.0 Å². The normalized spacial score (nSPS) is 26.8. The molecule has 3 atom stereocenters. The maximum absolute atomic E-state index is 15.1. The zero-order valence-corrected chi connectivity index (χ0v) is 17.5. The fourth-order valence-electron chi connectivity index (χ4n) is 5.16. The molecule has 32 heavy (non-hydrogen) atoms. The van der Waals surface area contributed by atoms with Crippen LogP contribution in [0.4, 0.5) is 10.3 Å². The van der Waals surface area contributed by atoms with Gasteiger partial charge in [0.05, 0.1) is 30.3 Å². The summed E-state index contributed by atoms with van der Waals surface area (Å²) in [5.41, 5.74) is 1.49. The van der Waals surface area contributed by atoms with Crippen LogP contribution >= 0.6 is 0 Å². The van der Waals surface area contributed by atoms with E-state index >= 15 is 4.39 Å². The number of benzene rings is 1. The number of fused-ring (bicyclic) bond motifs is 1. The Bertz CT molecular complexity index is 1210. The smallest absolute Gasteiger partial charge is 0.226 e. The summed E-state index contributed by atoms with van der Waals surface area (Å²) < 4.78 is 21.0. The number of nitrogens with zero attached hydrogens (tertiary/aromatic N) is 8. The van der Waals surface area contributed by atoms with Gasteiger partial charge in [0.1, 0.15) is 17.6 Å². The molecule has 0 saturated carbocycles. The Labute approximate surface area is 184 Å². The van der Waals surface area contributed by atoms with E-state index in [0.29, 0.717) is 41.3 Å². The Kier molecular flexibility index (Phi) is 4.25. The van der Waals surface area contributed by atoms with Gasteiger partial charge in [-0.3, -0.25) is 4.90 Å². The highest BCUT2D eigenvalue weighted by molar-refractivity contribution is 5.46. The third-order valence-corrected chi connectivity index (χ3v) is 6.67. The monoisotopic (exact) mass is 432 g/mol. The minimum Gasteiger partial charge on any atom is -0.349 e. The molecule has 3 unspecified atom stereocenters. The fourth-order valence-corrected chi connectivity index (χ4v) is 5.16. The van der Waals surface area contributed by atoms with Crippen LogP contribution < -0.4 is 4.90 Å². The van der Waals surface area contributed by atoms with E-state index in [1.807, 2.05) is 13.0 Å². The van der Waals surface area contributed by atoms with Crippen LogP contribution in [0.5, 0.6) is 0 Å².